The lowest BCUT2D eigenvalue weighted by Crippen LogP contribution is -1.91. The zero-order valence-corrected chi connectivity index (χ0v) is 7.31. The first-order valence-corrected chi connectivity index (χ1v) is 3.38. The third kappa shape index (κ3) is 4.62. The zero-order valence-electron chi connectivity index (χ0n) is 7.31. The van der Waals surface area contributed by atoms with E-state index in [1.54, 1.807) is 13.0 Å². The van der Waals surface area contributed by atoms with E-state index in [4.69, 9.17) is 14.3 Å². The molecule has 0 aliphatic rings. The van der Waals surface area contributed by atoms with Crippen molar-refractivity contribution in [3.8, 4) is 0 Å². The molecule has 0 amide bonds. The van der Waals surface area contributed by atoms with Gasteiger partial charge in [0, 0.05) is 0 Å². The summed E-state index contributed by atoms with van der Waals surface area (Å²) in [4.78, 5) is 19.1. The molecule has 0 aromatic carbocycles. The quantitative estimate of drug-likeness (QED) is 0.699. The van der Waals surface area contributed by atoms with E-state index in [2.05, 4.69) is 4.74 Å². The molecule has 13 heavy (non-hydrogen) atoms. The van der Waals surface area contributed by atoms with Crippen LogP contribution in [0.4, 0.5) is 0 Å². The monoisotopic (exact) mass is 186 g/mol. The minimum atomic E-state index is -1.02. The average molecular weight is 186 g/mol. The number of rotatable bonds is 2. The Labute approximate surface area is 74.9 Å². The molecule has 1 rings (SSSR count). The van der Waals surface area contributed by atoms with Crippen molar-refractivity contribution in [2.75, 3.05) is 7.11 Å². The van der Waals surface area contributed by atoms with Crippen molar-refractivity contribution in [1.29, 1.82) is 0 Å². The van der Waals surface area contributed by atoms with Crippen molar-refractivity contribution < 1.29 is 23.8 Å². The van der Waals surface area contributed by atoms with E-state index in [1.165, 1.54) is 13.2 Å². The highest BCUT2D eigenvalue weighted by atomic mass is 16.5. The van der Waals surface area contributed by atoms with Gasteiger partial charge in [0.05, 0.1) is 7.11 Å². The number of carboxylic acids is 1. The molecular formula is C8H10O5. The van der Waals surface area contributed by atoms with E-state index < -0.39 is 5.97 Å². The van der Waals surface area contributed by atoms with Crippen LogP contribution in [0.5, 0.6) is 0 Å². The number of ether oxygens (including phenoxy) is 1. The van der Waals surface area contributed by atoms with Crippen molar-refractivity contribution >= 4 is 12.4 Å². The summed E-state index contributed by atoms with van der Waals surface area (Å²) in [5.74, 6) is -0.414. The lowest BCUT2D eigenvalue weighted by Gasteiger charge is -1.82. The Morgan fingerprint density at radius 2 is 2.15 bits per heavy atom. The summed E-state index contributed by atoms with van der Waals surface area (Å²) in [7, 11) is 1.31. The van der Waals surface area contributed by atoms with Crippen LogP contribution in [-0.4, -0.2) is 24.7 Å². The van der Waals surface area contributed by atoms with E-state index in [0.717, 1.165) is 0 Å². The fraction of sp³-hybridized carbons (Fsp3) is 0.250. The maximum absolute atomic E-state index is 10.1. The van der Waals surface area contributed by atoms with Crippen LogP contribution < -0.4 is 0 Å². The van der Waals surface area contributed by atoms with Crippen LogP contribution in [0, 0.1) is 6.92 Å². The molecule has 0 saturated heterocycles. The number of aromatic carboxylic acids is 1. The van der Waals surface area contributed by atoms with Crippen molar-refractivity contribution in [1.82, 2.24) is 0 Å². The van der Waals surface area contributed by atoms with E-state index >= 15 is 0 Å². The Kier molecular flexibility index (Phi) is 5.02. The molecule has 1 aromatic heterocycles. The predicted molar refractivity (Wildman–Crippen MR) is 43.5 cm³/mol. The van der Waals surface area contributed by atoms with Gasteiger partial charge in [-0.3, -0.25) is 4.79 Å². The predicted octanol–water partition coefficient (Wildman–Crippen LogP) is 1.08. The average Bonchev–Trinajstić information content (AvgIpc) is 2.52. The van der Waals surface area contributed by atoms with Gasteiger partial charge in [-0.05, 0) is 19.1 Å². The molecule has 0 radical (unpaired) electrons. The number of methoxy groups -OCH3 is 1. The van der Waals surface area contributed by atoms with Gasteiger partial charge in [0.15, 0.2) is 0 Å². The van der Waals surface area contributed by atoms with Crippen molar-refractivity contribution in [2.45, 2.75) is 6.92 Å². The van der Waals surface area contributed by atoms with Gasteiger partial charge in [0.25, 0.3) is 6.47 Å². The second-order valence-electron chi connectivity index (χ2n) is 2.05. The number of carbonyl (C=O) groups is 2. The van der Waals surface area contributed by atoms with Gasteiger partial charge in [-0.1, -0.05) is 0 Å². The third-order valence-corrected chi connectivity index (χ3v) is 1.05. The second kappa shape index (κ2) is 5.82. The highest BCUT2D eigenvalue weighted by Gasteiger charge is 2.04. The van der Waals surface area contributed by atoms with E-state index in [9.17, 15) is 4.79 Å². The van der Waals surface area contributed by atoms with E-state index in [-0.39, 0.29) is 5.76 Å². The summed E-state index contributed by atoms with van der Waals surface area (Å²) in [5.41, 5.74) is 0. The molecule has 0 bridgehead atoms. The lowest BCUT2D eigenvalue weighted by molar-refractivity contribution is -0.126. The molecule has 1 N–H and O–H groups in total. The largest absolute Gasteiger partial charge is 0.475 e. The molecule has 0 atom stereocenters. The van der Waals surface area contributed by atoms with Gasteiger partial charge >= 0.3 is 5.97 Å². The Hall–Kier alpha value is -1.78. The molecule has 1 aromatic rings. The van der Waals surface area contributed by atoms with E-state index in [0.29, 0.717) is 12.2 Å². The first kappa shape index (κ1) is 11.2. The minimum absolute atomic E-state index is 0.00694. The molecule has 0 fully saturated rings. The maximum atomic E-state index is 10.1. The minimum Gasteiger partial charge on any atom is -0.475 e. The molecule has 72 valence electrons. The summed E-state index contributed by atoms with van der Waals surface area (Å²) in [5, 5.41) is 8.30. The fourth-order valence-electron chi connectivity index (χ4n) is 0.549. The Bertz CT molecular complexity index is 276. The van der Waals surface area contributed by atoms with Crippen LogP contribution >= 0.6 is 0 Å². The van der Waals surface area contributed by atoms with Crippen LogP contribution in [0.3, 0.4) is 0 Å². The second-order valence-corrected chi connectivity index (χ2v) is 2.05. The van der Waals surface area contributed by atoms with Gasteiger partial charge < -0.3 is 14.3 Å². The van der Waals surface area contributed by atoms with Crippen molar-refractivity contribution in [3.05, 3.63) is 23.7 Å². The molecule has 0 aliphatic carbocycles. The molecule has 0 spiro atoms. The number of furan rings is 1. The van der Waals surface area contributed by atoms with Crippen LogP contribution in [-0.2, 0) is 9.53 Å². The number of carboxylic acid groups (broad SMARTS) is 1. The molecule has 0 aliphatic heterocycles. The maximum Gasteiger partial charge on any atom is 0.371 e. The van der Waals surface area contributed by atoms with Gasteiger partial charge in [-0.25, -0.2) is 4.79 Å². The Balaban J connectivity index is 0.000000310. The first-order valence-electron chi connectivity index (χ1n) is 3.38. The van der Waals surface area contributed by atoms with Crippen LogP contribution in [0.2, 0.25) is 0 Å². The molecular weight excluding hydrogens is 176 g/mol. The first-order chi connectivity index (χ1) is 6.11. The van der Waals surface area contributed by atoms with Crippen LogP contribution in [0.25, 0.3) is 0 Å². The van der Waals surface area contributed by atoms with Crippen molar-refractivity contribution in [3.63, 3.8) is 0 Å². The van der Waals surface area contributed by atoms with Crippen LogP contribution in [0.15, 0.2) is 16.5 Å². The normalized spacial score (nSPS) is 8.15. The van der Waals surface area contributed by atoms with Gasteiger partial charge in [0.1, 0.15) is 5.76 Å². The summed E-state index contributed by atoms with van der Waals surface area (Å²) >= 11 is 0. The molecule has 5 nitrogen and oxygen atoms in total. The standard InChI is InChI=1S/C6H6O3.C2H4O2/c1-4-2-3-5(9-4)6(7)8;1-4-2-3/h2-3H,1H3,(H,7,8);2H,1H3. The number of carbonyl (C=O) groups excluding carboxylic acids is 1. The van der Waals surface area contributed by atoms with Crippen LogP contribution in [0.1, 0.15) is 16.3 Å². The van der Waals surface area contributed by atoms with Gasteiger partial charge in [-0.15, -0.1) is 0 Å². The highest BCUT2D eigenvalue weighted by Crippen LogP contribution is 2.04. The topological polar surface area (TPSA) is 76.7 Å². The van der Waals surface area contributed by atoms with E-state index in [1.807, 2.05) is 0 Å². The van der Waals surface area contributed by atoms with Gasteiger partial charge in [0.2, 0.25) is 5.76 Å². The number of aryl methyl sites for hydroxylation is 1. The third-order valence-electron chi connectivity index (χ3n) is 1.05. The smallest absolute Gasteiger partial charge is 0.371 e. The zero-order chi connectivity index (χ0) is 10.3. The summed E-state index contributed by atoms with van der Waals surface area (Å²) in [6.07, 6.45) is 0. The highest BCUT2D eigenvalue weighted by molar-refractivity contribution is 5.84. The molecule has 5 heteroatoms. The molecule has 0 saturated carbocycles. The fourth-order valence-corrected chi connectivity index (χ4v) is 0.549. The molecule has 1 heterocycles. The number of hydrogen-bond donors (Lipinski definition) is 1. The summed E-state index contributed by atoms with van der Waals surface area (Å²) in [6.45, 7) is 2.08. The summed E-state index contributed by atoms with van der Waals surface area (Å²) < 4.78 is 8.61. The Morgan fingerprint density at radius 1 is 1.62 bits per heavy atom. The summed E-state index contributed by atoms with van der Waals surface area (Å²) in [6, 6.07) is 3.04. The van der Waals surface area contributed by atoms with Gasteiger partial charge in [-0.2, -0.15) is 0 Å². The molecule has 0 unspecified atom stereocenters. The van der Waals surface area contributed by atoms with Crippen molar-refractivity contribution in [2.24, 2.45) is 0 Å². The number of hydrogen-bond acceptors (Lipinski definition) is 4. The lowest BCUT2D eigenvalue weighted by atomic mass is 10.4. The SMILES string of the molecule is COC=O.Cc1ccc(C(=O)O)o1. The Morgan fingerprint density at radius 3 is 2.31 bits per heavy atom.